The summed E-state index contributed by atoms with van der Waals surface area (Å²) < 4.78 is 10.8. The molecule has 126 valence electrons. The minimum Gasteiger partial charge on any atom is -0.493 e. The van der Waals surface area contributed by atoms with Crippen LogP contribution in [-0.4, -0.2) is 19.6 Å². The lowest BCUT2D eigenvalue weighted by Gasteiger charge is -2.11. The van der Waals surface area contributed by atoms with E-state index in [0.717, 1.165) is 16.8 Å². The molecule has 24 heavy (non-hydrogen) atoms. The molecule has 5 heteroatoms. The molecular formula is C19H20ClNO3. The number of aryl methyl sites for hydroxylation is 1. The Labute approximate surface area is 147 Å². The lowest BCUT2D eigenvalue weighted by molar-refractivity contribution is -0.111. The van der Waals surface area contributed by atoms with Crippen LogP contribution in [-0.2, 0) is 4.79 Å². The molecule has 0 aliphatic heterocycles. The molecule has 0 aliphatic carbocycles. The molecule has 0 unspecified atom stereocenters. The number of anilines is 1. The third-order valence-corrected chi connectivity index (χ3v) is 3.57. The third kappa shape index (κ3) is 4.77. The molecule has 0 spiro atoms. The van der Waals surface area contributed by atoms with Crippen molar-refractivity contribution in [2.45, 2.75) is 13.8 Å². The van der Waals surface area contributed by atoms with Crippen molar-refractivity contribution < 1.29 is 14.3 Å². The summed E-state index contributed by atoms with van der Waals surface area (Å²) in [5, 5.41) is 3.24. The predicted octanol–water partition coefficient (Wildman–Crippen LogP) is 4.71. The fraction of sp³-hybridized carbons (Fsp3) is 0.211. The Morgan fingerprint density at radius 2 is 1.96 bits per heavy atom. The Hall–Kier alpha value is -2.46. The summed E-state index contributed by atoms with van der Waals surface area (Å²) in [5.74, 6) is 0.814. The first-order valence-corrected chi connectivity index (χ1v) is 7.97. The zero-order valence-corrected chi connectivity index (χ0v) is 14.7. The molecule has 0 fully saturated rings. The molecule has 4 nitrogen and oxygen atoms in total. The quantitative estimate of drug-likeness (QED) is 0.771. The van der Waals surface area contributed by atoms with Gasteiger partial charge in [-0.2, -0.15) is 0 Å². The van der Waals surface area contributed by atoms with Crippen LogP contribution in [0.1, 0.15) is 18.1 Å². The molecule has 0 aromatic heterocycles. The van der Waals surface area contributed by atoms with Crippen molar-refractivity contribution in [2.24, 2.45) is 0 Å². The first-order chi connectivity index (χ1) is 11.5. The second-order valence-corrected chi connectivity index (χ2v) is 5.56. The zero-order chi connectivity index (χ0) is 17.5. The van der Waals surface area contributed by atoms with E-state index in [2.05, 4.69) is 5.32 Å². The highest BCUT2D eigenvalue weighted by Crippen LogP contribution is 2.36. The first-order valence-electron chi connectivity index (χ1n) is 7.59. The summed E-state index contributed by atoms with van der Waals surface area (Å²) in [5.41, 5.74) is 2.64. The van der Waals surface area contributed by atoms with Gasteiger partial charge in [-0.05, 0) is 49.8 Å². The number of halogens is 1. The molecule has 2 rings (SSSR count). The van der Waals surface area contributed by atoms with Gasteiger partial charge in [0, 0.05) is 11.8 Å². The van der Waals surface area contributed by atoms with Crippen LogP contribution in [0.2, 0.25) is 5.02 Å². The fourth-order valence-corrected chi connectivity index (χ4v) is 2.39. The van der Waals surface area contributed by atoms with E-state index in [-0.39, 0.29) is 5.91 Å². The summed E-state index contributed by atoms with van der Waals surface area (Å²) >= 11 is 6.21. The predicted molar refractivity (Wildman–Crippen MR) is 98.0 cm³/mol. The van der Waals surface area contributed by atoms with E-state index in [4.69, 9.17) is 21.1 Å². The second kappa shape index (κ2) is 8.41. The van der Waals surface area contributed by atoms with Crippen molar-refractivity contribution in [1.29, 1.82) is 0 Å². The van der Waals surface area contributed by atoms with Crippen LogP contribution in [0.3, 0.4) is 0 Å². The fourth-order valence-electron chi connectivity index (χ4n) is 2.11. The lowest BCUT2D eigenvalue weighted by atomic mass is 10.2. The number of hydrogen-bond acceptors (Lipinski definition) is 3. The van der Waals surface area contributed by atoms with Crippen LogP contribution in [0, 0.1) is 6.92 Å². The number of ether oxygens (including phenoxy) is 2. The van der Waals surface area contributed by atoms with Gasteiger partial charge in [-0.25, -0.2) is 0 Å². The first kappa shape index (κ1) is 17.9. The van der Waals surface area contributed by atoms with E-state index >= 15 is 0 Å². The summed E-state index contributed by atoms with van der Waals surface area (Å²) in [6, 6.07) is 11.1. The summed E-state index contributed by atoms with van der Waals surface area (Å²) in [7, 11) is 1.55. The lowest BCUT2D eigenvalue weighted by Crippen LogP contribution is -2.07. The number of amides is 1. The molecule has 0 aliphatic rings. The molecule has 1 N–H and O–H groups in total. The Morgan fingerprint density at radius 1 is 1.25 bits per heavy atom. The average Bonchev–Trinajstić information content (AvgIpc) is 2.57. The molecule has 0 radical (unpaired) electrons. The van der Waals surface area contributed by atoms with E-state index in [1.54, 1.807) is 25.3 Å². The van der Waals surface area contributed by atoms with E-state index < -0.39 is 0 Å². The highest BCUT2D eigenvalue weighted by molar-refractivity contribution is 6.32. The SMILES string of the molecule is CCOc1c(Cl)cc(/C=C/C(=O)Nc2ccc(C)cc2)cc1OC. The standard InChI is InChI=1S/C19H20ClNO3/c1-4-24-19-16(20)11-14(12-17(19)23-3)7-10-18(22)21-15-8-5-13(2)6-9-15/h5-12H,4H2,1-3H3,(H,21,22)/b10-7+. The van der Waals surface area contributed by atoms with Gasteiger partial charge in [-0.15, -0.1) is 0 Å². The Bertz CT molecular complexity index is 739. The van der Waals surface area contributed by atoms with Gasteiger partial charge in [-0.1, -0.05) is 29.3 Å². The molecule has 0 saturated carbocycles. The molecular weight excluding hydrogens is 326 g/mol. The topological polar surface area (TPSA) is 47.6 Å². The van der Waals surface area contributed by atoms with Gasteiger partial charge in [0.2, 0.25) is 5.91 Å². The van der Waals surface area contributed by atoms with Crippen molar-refractivity contribution in [2.75, 3.05) is 19.0 Å². The van der Waals surface area contributed by atoms with E-state index in [9.17, 15) is 4.79 Å². The van der Waals surface area contributed by atoms with E-state index in [1.807, 2.05) is 38.1 Å². The monoisotopic (exact) mass is 345 g/mol. The summed E-state index contributed by atoms with van der Waals surface area (Å²) in [4.78, 5) is 12.0. The van der Waals surface area contributed by atoms with Gasteiger partial charge >= 0.3 is 0 Å². The third-order valence-electron chi connectivity index (χ3n) is 3.29. The minimum absolute atomic E-state index is 0.220. The van der Waals surface area contributed by atoms with Crippen LogP contribution in [0.4, 0.5) is 5.69 Å². The number of benzene rings is 2. The largest absolute Gasteiger partial charge is 0.493 e. The number of nitrogens with one attached hydrogen (secondary N) is 1. The smallest absolute Gasteiger partial charge is 0.248 e. The Morgan fingerprint density at radius 3 is 2.58 bits per heavy atom. The maximum atomic E-state index is 12.0. The average molecular weight is 346 g/mol. The van der Waals surface area contributed by atoms with Gasteiger partial charge in [0.25, 0.3) is 0 Å². The maximum absolute atomic E-state index is 12.0. The minimum atomic E-state index is -0.220. The normalized spacial score (nSPS) is 10.7. The van der Waals surface area contributed by atoms with Crippen molar-refractivity contribution in [3.8, 4) is 11.5 Å². The van der Waals surface area contributed by atoms with Crippen molar-refractivity contribution in [3.05, 3.63) is 58.6 Å². The molecule has 0 atom stereocenters. The van der Waals surface area contributed by atoms with Gasteiger partial charge in [0.15, 0.2) is 11.5 Å². The van der Waals surface area contributed by atoms with Gasteiger partial charge in [0.1, 0.15) is 0 Å². The molecule has 2 aromatic carbocycles. The highest BCUT2D eigenvalue weighted by Gasteiger charge is 2.10. The highest BCUT2D eigenvalue weighted by atomic mass is 35.5. The second-order valence-electron chi connectivity index (χ2n) is 5.16. The van der Waals surface area contributed by atoms with Crippen LogP contribution < -0.4 is 14.8 Å². The van der Waals surface area contributed by atoms with Gasteiger partial charge < -0.3 is 14.8 Å². The number of methoxy groups -OCH3 is 1. The van der Waals surface area contributed by atoms with Crippen molar-refractivity contribution in [3.63, 3.8) is 0 Å². The molecule has 2 aromatic rings. The van der Waals surface area contributed by atoms with E-state index in [1.165, 1.54) is 6.08 Å². The van der Waals surface area contributed by atoms with Crippen molar-refractivity contribution >= 4 is 29.3 Å². The van der Waals surface area contributed by atoms with Crippen LogP contribution in [0.25, 0.3) is 6.08 Å². The summed E-state index contributed by atoms with van der Waals surface area (Å²) in [6.07, 6.45) is 3.12. The molecule has 1 amide bonds. The number of hydrogen-bond donors (Lipinski definition) is 1. The number of rotatable bonds is 6. The van der Waals surface area contributed by atoms with Crippen LogP contribution >= 0.6 is 11.6 Å². The van der Waals surface area contributed by atoms with Gasteiger partial charge in [-0.3, -0.25) is 4.79 Å². The summed E-state index contributed by atoms with van der Waals surface area (Å²) in [6.45, 7) is 4.36. The van der Waals surface area contributed by atoms with Crippen LogP contribution in [0.5, 0.6) is 11.5 Å². The number of carbonyl (C=O) groups excluding carboxylic acids is 1. The Kier molecular flexibility index (Phi) is 6.27. The Balaban J connectivity index is 2.11. The van der Waals surface area contributed by atoms with Crippen molar-refractivity contribution in [1.82, 2.24) is 0 Å². The maximum Gasteiger partial charge on any atom is 0.248 e. The number of carbonyl (C=O) groups is 1. The van der Waals surface area contributed by atoms with E-state index in [0.29, 0.717) is 23.1 Å². The van der Waals surface area contributed by atoms with Gasteiger partial charge in [0.05, 0.1) is 18.7 Å². The molecule has 0 bridgehead atoms. The molecule has 0 heterocycles. The van der Waals surface area contributed by atoms with Crippen LogP contribution in [0.15, 0.2) is 42.5 Å². The zero-order valence-electron chi connectivity index (χ0n) is 13.9. The molecule has 0 saturated heterocycles.